The molecule has 2 heterocycles. The second-order valence-corrected chi connectivity index (χ2v) is 6.99. The molecule has 3 aromatic rings. The maximum absolute atomic E-state index is 13.5. The number of carbonyl (C=O) groups is 1. The molecule has 0 radical (unpaired) electrons. The first-order chi connectivity index (χ1) is 14.4. The van der Waals surface area contributed by atoms with Gasteiger partial charge in [0.2, 0.25) is 5.82 Å². The van der Waals surface area contributed by atoms with Crippen LogP contribution >= 0.6 is 0 Å². The van der Waals surface area contributed by atoms with Crippen LogP contribution in [0.15, 0.2) is 30.3 Å². The van der Waals surface area contributed by atoms with E-state index < -0.39 is 5.82 Å². The highest BCUT2D eigenvalue weighted by atomic mass is 19.1. The van der Waals surface area contributed by atoms with Crippen molar-refractivity contribution >= 4 is 5.91 Å². The number of amides is 1. The SMILES string of the molecule is COc1cc(CNC(=O)c2cc(-c3nnn(C[C@H](C)CO)n3)cc(C)n2)ccc1F. The van der Waals surface area contributed by atoms with Crippen molar-refractivity contribution in [3.05, 3.63) is 53.1 Å². The Morgan fingerprint density at radius 2 is 2.13 bits per heavy atom. The number of nitrogens with one attached hydrogen (secondary N) is 1. The first-order valence-electron chi connectivity index (χ1n) is 9.38. The predicted octanol–water partition coefficient (Wildman–Crippen LogP) is 1.75. The molecule has 1 amide bonds. The molecule has 0 unspecified atom stereocenters. The van der Waals surface area contributed by atoms with Gasteiger partial charge in [-0.3, -0.25) is 4.79 Å². The molecule has 1 atom stereocenters. The maximum atomic E-state index is 13.5. The van der Waals surface area contributed by atoms with E-state index in [1.54, 1.807) is 25.1 Å². The summed E-state index contributed by atoms with van der Waals surface area (Å²) in [5, 5.41) is 24.2. The topological polar surface area (TPSA) is 115 Å². The summed E-state index contributed by atoms with van der Waals surface area (Å²) >= 11 is 0. The number of rotatable bonds is 8. The van der Waals surface area contributed by atoms with Crippen LogP contribution < -0.4 is 10.1 Å². The zero-order valence-electron chi connectivity index (χ0n) is 17.0. The quantitative estimate of drug-likeness (QED) is 0.577. The monoisotopic (exact) mass is 414 g/mol. The summed E-state index contributed by atoms with van der Waals surface area (Å²) in [6.07, 6.45) is 0. The van der Waals surface area contributed by atoms with Crippen molar-refractivity contribution in [1.29, 1.82) is 0 Å². The van der Waals surface area contributed by atoms with Crippen molar-refractivity contribution in [2.24, 2.45) is 5.92 Å². The number of pyridine rings is 1. The minimum absolute atomic E-state index is 0.00218. The third-order valence-electron chi connectivity index (χ3n) is 4.35. The Morgan fingerprint density at radius 1 is 1.33 bits per heavy atom. The van der Waals surface area contributed by atoms with E-state index in [4.69, 9.17) is 9.84 Å². The van der Waals surface area contributed by atoms with E-state index in [1.165, 1.54) is 24.0 Å². The van der Waals surface area contributed by atoms with Gasteiger partial charge < -0.3 is 15.2 Å². The first-order valence-corrected chi connectivity index (χ1v) is 9.38. The van der Waals surface area contributed by atoms with Crippen LogP contribution in [0.4, 0.5) is 4.39 Å². The number of tetrazole rings is 1. The smallest absolute Gasteiger partial charge is 0.270 e. The molecule has 0 saturated heterocycles. The number of methoxy groups -OCH3 is 1. The molecule has 9 nitrogen and oxygen atoms in total. The summed E-state index contributed by atoms with van der Waals surface area (Å²) in [4.78, 5) is 18.3. The van der Waals surface area contributed by atoms with Gasteiger partial charge in [0.1, 0.15) is 5.69 Å². The average molecular weight is 414 g/mol. The lowest BCUT2D eigenvalue weighted by Gasteiger charge is -2.08. The Kier molecular flexibility index (Phi) is 6.68. The van der Waals surface area contributed by atoms with Gasteiger partial charge in [0.25, 0.3) is 5.91 Å². The molecule has 2 N–H and O–H groups in total. The zero-order valence-corrected chi connectivity index (χ0v) is 17.0. The van der Waals surface area contributed by atoms with E-state index in [1.807, 2.05) is 6.92 Å². The molecule has 0 aliphatic rings. The van der Waals surface area contributed by atoms with Gasteiger partial charge in [0.15, 0.2) is 11.6 Å². The highest BCUT2D eigenvalue weighted by Crippen LogP contribution is 2.19. The van der Waals surface area contributed by atoms with E-state index in [-0.39, 0.29) is 36.4 Å². The summed E-state index contributed by atoms with van der Waals surface area (Å²) in [6.45, 7) is 4.29. The van der Waals surface area contributed by atoms with Crippen LogP contribution in [0.2, 0.25) is 0 Å². The van der Waals surface area contributed by atoms with Crippen molar-refractivity contribution in [3.8, 4) is 17.1 Å². The summed E-state index contributed by atoms with van der Waals surface area (Å²) in [5.41, 5.74) is 2.14. The molecule has 1 aromatic carbocycles. The molecule has 2 aromatic heterocycles. The number of aliphatic hydroxyl groups is 1. The summed E-state index contributed by atoms with van der Waals surface area (Å²) in [5.74, 6) is -0.376. The standard InChI is InChI=1S/C20H23FN6O3/c1-12(11-28)10-27-25-19(24-26-27)15-6-13(2)23-17(8-15)20(29)22-9-14-4-5-16(21)18(7-14)30-3/h4-8,12,28H,9-11H2,1-3H3,(H,22,29)/t12-/m0/s1. The highest BCUT2D eigenvalue weighted by Gasteiger charge is 2.14. The number of benzene rings is 1. The van der Waals surface area contributed by atoms with Gasteiger partial charge in [0.05, 0.1) is 13.7 Å². The molecule has 158 valence electrons. The van der Waals surface area contributed by atoms with Gasteiger partial charge in [-0.1, -0.05) is 13.0 Å². The number of aromatic nitrogens is 5. The van der Waals surface area contributed by atoms with Crippen molar-refractivity contribution in [1.82, 2.24) is 30.5 Å². The van der Waals surface area contributed by atoms with Gasteiger partial charge in [-0.25, -0.2) is 9.37 Å². The van der Waals surface area contributed by atoms with Crippen LogP contribution in [0.1, 0.15) is 28.7 Å². The molecule has 0 saturated carbocycles. The molecular weight excluding hydrogens is 391 g/mol. The minimum Gasteiger partial charge on any atom is -0.494 e. The van der Waals surface area contributed by atoms with Crippen molar-refractivity contribution in [3.63, 3.8) is 0 Å². The van der Waals surface area contributed by atoms with Crippen LogP contribution in [-0.4, -0.2) is 49.9 Å². The van der Waals surface area contributed by atoms with Gasteiger partial charge in [0, 0.05) is 30.3 Å². The molecule has 0 aliphatic carbocycles. The number of aryl methyl sites for hydroxylation is 1. The number of ether oxygens (including phenoxy) is 1. The lowest BCUT2D eigenvalue weighted by Crippen LogP contribution is -2.24. The van der Waals surface area contributed by atoms with E-state index in [9.17, 15) is 9.18 Å². The molecular formula is C20H23FN6O3. The van der Waals surface area contributed by atoms with Crippen LogP contribution in [0, 0.1) is 18.7 Å². The van der Waals surface area contributed by atoms with Crippen molar-refractivity contribution in [2.45, 2.75) is 26.9 Å². The second kappa shape index (κ2) is 9.40. The summed E-state index contributed by atoms with van der Waals surface area (Å²) in [7, 11) is 1.38. The second-order valence-electron chi connectivity index (χ2n) is 6.99. The molecule has 0 aliphatic heterocycles. The van der Waals surface area contributed by atoms with E-state index in [2.05, 4.69) is 25.7 Å². The number of carbonyl (C=O) groups excluding carboxylic acids is 1. The van der Waals surface area contributed by atoms with Gasteiger partial charge in [-0.05, 0) is 42.0 Å². The Morgan fingerprint density at radius 3 is 2.87 bits per heavy atom. The van der Waals surface area contributed by atoms with Gasteiger partial charge in [-0.2, -0.15) is 4.80 Å². The fourth-order valence-corrected chi connectivity index (χ4v) is 2.77. The van der Waals surface area contributed by atoms with Crippen LogP contribution in [0.5, 0.6) is 5.75 Å². The van der Waals surface area contributed by atoms with Gasteiger partial charge in [-0.15, -0.1) is 10.2 Å². The predicted molar refractivity (Wildman–Crippen MR) is 106 cm³/mol. The third-order valence-corrected chi connectivity index (χ3v) is 4.35. The van der Waals surface area contributed by atoms with Crippen molar-refractivity contribution < 1.29 is 19.0 Å². The van der Waals surface area contributed by atoms with E-state index in [0.29, 0.717) is 29.2 Å². The number of hydrogen-bond acceptors (Lipinski definition) is 7. The average Bonchev–Trinajstić information content (AvgIpc) is 3.20. The Labute approximate surface area is 172 Å². The van der Waals surface area contributed by atoms with Crippen LogP contribution in [-0.2, 0) is 13.1 Å². The largest absolute Gasteiger partial charge is 0.494 e. The summed E-state index contributed by atoms with van der Waals surface area (Å²) in [6, 6.07) is 7.74. The number of nitrogens with zero attached hydrogens (tertiary/aromatic N) is 5. The number of halogens is 1. The molecule has 0 bridgehead atoms. The Bertz CT molecular complexity index is 1040. The molecule has 10 heteroatoms. The third kappa shape index (κ3) is 5.15. The Balaban J connectivity index is 1.74. The van der Waals surface area contributed by atoms with Gasteiger partial charge >= 0.3 is 0 Å². The first kappa shape index (κ1) is 21.3. The number of aliphatic hydroxyl groups excluding tert-OH is 1. The van der Waals surface area contributed by atoms with Crippen LogP contribution in [0.3, 0.4) is 0 Å². The Hall–Kier alpha value is -3.40. The lowest BCUT2D eigenvalue weighted by atomic mass is 10.1. The highest BCUT2D eigenvalue weighted by molar-refractivity contribution is 5.93. The zero-order chi connectivity index (χ0) is 21.7. The molecule has 0 spiro atoms. The van der Waals surface area contributed by atoms with Crippen LogP contribution in [0.25, 0.3) is 11.4 Å². The molecule has 3 rings (SSSR count). The number of hydrogen-bond donors (Lipinski definition) is 2. The normalized spacial score (nSPS) is 11.9. The fraction of sp³-hybridized carbons (Fsp3) is 0.350. The van der Waals surface area contributed by atoms with E-state index >= 15 is 0 Å². The van der Waals surface area contributed by atoms with E-state index in [0.717, 1.165) is 0 Å². The van der Waals surface area contributed by atoms with Crippen molar-refractivity contribution in [2.75, 3.05) is 13.7 Å². The fourth-order valence-electron chi connectivity index (χ4n) is 2.77. The summed E-state index contributed by atoms with van der Waals surface area (Å²) < 4.78 is 18.5. The maximum Gasteiger partial charge on any atom is 0.270 e. The molecule has 0 fully saturated rings. The minimum atomic E-state index is -0.466. The molecule has 30 heavy (non-hydrogen) atoms. The lowest BCUT2D eigenvalue weighted by molar-refractivity contribution is 0.0945.